The number of rotatable bonds is 3. The van der Waals surface area contributed by atoms with Crippen molar-refractivity contribution in [2.24, 2.45) is 10.9 Å². The van der Waals surface area contributed by atoms with Gasteiger partial charge in [0.15, 0.2) is 5.84 Å². The molecule has 0 fully saturated rings. The smallest absolute Gasteiger partial charge is 0.171 e. The summed E-state index contributed by atoms with van der Waals surface area (Å²) in [6.07, 6.45) is 0. The van der Waals surface area contributed by atoms with E-state index in [1.165, 1.54) is 12.1 Å². The van der Waals surface area contributed by atoms with Gasteiger partial charge in [0.2, 0.25) is 0 Å². The first-order chi connectivity index (χ1) is 9.92. The van der Waals surface area contributed by atoms with E-state index in [1.54, 1.807) is 18.2 Å². The SMILES string of the molecule is N/C(=N/O)c1ccc(Oc2cc(Cl)c(Cl)cc2Cl)cc1Br. The Morgan fingerprint density at radius 3 is 2.38 bits per heavy atom. The molecule has 0 saturated heterocycles. The predicted molar refractivity (Wildman–Crippen MR) is 88.2 cm³/mol. The maximum Gasteiger partial charge on any atom is 0.171 e. The molecule has 3 N–H and O–H groups in total. The maximum atomic E-state index is 8.68. The highest BCUT2D eigenvalue weighted by molar-refractivity contribution is 9.10. The van der Waals surface area contributed by atoms with Gasteiger partial charge >= 0.3 is 0 Å². The Morgan fingerprint density at radius 2 is 1.76 bits per heavy atom. The molecule has 0 spiro atoms. The van der Waals surface area contributed by atoms with Crippen LogP contribution in [0.1, 0.15) is 5.56 Å². The van der Waals surface area contributed by atoms with E-state index in [4.69, 9.17) is 50.5 Å². The molecule has 2 aromatic carbocycles. The fourth-order valence-corrected chi connectivity index (χ4v) is 2.67. The summed E-state index contributed by atoms with van der Waals surface area (Å²) >= 11 is 21.1. The van der Waals surface area contributed by atoms with E-state index in [1.807, 2.05) is 0 Å². The highest BCUT2D eigenvalue weighted by atomic mass is 79.9. The number of halogens is 4. The second kappa shape index (κ2) is 6.75. The molecule has 0 aliphatic carbocycles. The Kier molecular flexibility index (Phi) is 5.22. The lowest BCUT2D eigenvalue weighted by atomic mass is 10.2. The number of hydrogen-bond donors (Lipinski definition) is 2. The zero-order chi connectivity index (χ0) is 15.6. The molecule has 0 amide bonds. The van der Waals surface area contributed by atoms with E-state index in [2.05, 4.69) is 21.1 Å². The van der Waals surface area contributed by atoms with Crippen molar-refractivity contribution in [2.45, 2.75) is 0 Å². The Labute approximate surface area is 144 Å². The Balaban J connectivity index is 2.33. The summed E-state index contributed by atoms with van der Waals surface area (Å²) in [7, 11) is 0. The molecule has 0 aromatic heterocycles. The van der Waals surface area contributed by atoms with Gasteiger partial charge in [0, 0.05) is 16.1 Å². The second-order valence-electron chi connectivity index (χ2n) is 3.93. The van der Waals surface area contributed by atoms with Crippen LogP contribution in [0.2, 0.25) is 15.1 Å². The van der Waals surface area contributed by atoms with Gasteiger partial charge in [-0.15, -0.1) is 0 Å². The van der Waals surface area contributed by atoms with Crippen LogP contribution in [0.25, 0.3) is 0 Å². The van der Waals surface area contributed by atoms with Crippen molar-refractivity contribution in [3.63, 3.8) is 0 Å². The molecule has 0 aliphatic heterocycles. The third kappa shape index (κ3) is 3.74. The number of nitrogens with two attached hydrogens (primary N) is 1. The first-order valence-electron chi connectivity index (χ1n) is 5.52. The van der Waals surface area contributed by atoms with Crippen molar-refractivity contribution in [2.75, 3.05) is 0 Å². The van der Waals surface area contributed by atoms with Crippen LogP contribution in [-0.4, -0.2) is 11.0 Å². The number of amidine groups is 1. The summed E-state index contributed by atoms with van der Waals surface area (Å²) in [5.74, 6) is 0.854. The van der Waals surface area contributed by atoms with Crippen LogP contribution in [0, 0.1) is 0 Å². The van der Waals surface area contributed by atoms with E-state index in [0.29, 0.717) is 36.6 Å². The van der Waals surface area contributed by atoms with E-state index < -0.39 is 0 Å². The lowest BCUT2D eigenvalue weighted by molar-refractivity contribution is 0.318. The van der Waals surface area contributed by atoms with Gasteiger partial charge in [-0.05, 0) is 40.2 Å². The first-order valence-corrected chi connectivity index (χ1v) is 7.45. The predicted octanol–water partition coefficient (Wildman–Crippen LogP) is 5.30. The topological polar surface area (TPSA) is 67.8 Å². The van der Waals surface area contributed by atoms with Crippen LogP contribution in [0.3, 0.4) is 0 Å². The molecule has 110 valence electrons. The van der Waals surface area contributed by atoms with Crippen LogP contribution in [0.15, 0.2) is 40.0 Å². The number of benzene rings is 2. The van der Waals surface area contributed by atoms with Crippen LogP contribution in [0.5, 0.6) is 11.5 Å². The molecular formula is C13H8BrCl3N2O2. The Morgan fingerprint density at radius 1 is 1.10 bits per heavy atom. The fourth-order valence-electron chi connectivity index (χ4n) is 1.53. The minimum atomic E-state index is -0.0130. The third-order valence-electron chi connectivity index (χ3n) is 2.53. The summed E-state index contributed by atoms with van der Waals surface area (Å²) < 4.78 is 6.25. The summed E-state index contributed by atoms with van der Waals surface area (Å²) in [5.41, 5.74) is 6.07. The molecule has 2 rings (SSSR count). The molecular weight excluding hydrogens is 402 g/mol. The monoisotopic (exact) mass is 408 g/mol. The summed E-state index contributed by atoms with van der Waals surface area (Å²) in [6.45, 7) is 0. The highest BCUT2D eigenvalue weighted by Crippen LogP contribution is 2.37. The number of oxime groups is 1. The summed E-state index contributed by atoms with van der Waals surface area (Å²) in [5, 5.41) is 12.6. The van der Waals surface area contributed by atoms with E-state index in [9.17, 15) is 0 Å². The highest BCUT2D eigenvalue weighted by Gasteiger charge is 2.11. The molecule has 0 radical (unpaired) electrons. The minimum absolute atomic E-state index is 0.0130. The first kappa shape index (κ1) is 16.2. The molecule has 0 bridgehead atoms. The number of nitrogens with zero attached hydrogens (tertiary/aromatic N) is 1. The van der Waals surface area contributed by atoms with E-state index >= 15 is 0 Å². The minimum Gasteiger partial charge on any atom is -0.456 e. The average molecular weight is 410 g/mol. The maximum absolute atomic E-state index is 8.68. The molecule has 0 heterocycles. The van der Waals surface area contributed by atoms with Crippen molar-refractivity contribution >= 4 is 56.6 Å². The van der Waals surface area contributed by atoms with Crippen molar-refractivity contribution in [1.82, 2.24) is 0 Å². The van der Waals surface area contributed by atoms with Crippen LogP contribution in [-0.2, 0) is 0 Å². The number of ether oxygens (including phenoxy) is 1. The van der Waals surface area contributed by atoms with E-state index in [0.717, 1.165) is 0 Å². The molecule has 8 heteroatoms. The van der Waals surface area contributed by atoms with Crippen LogP contribution < -0.4 is 10.5 Å². The molecule has 4 nitrogen and oxygen atoms in total. The van der Waals surface area contributed by atoms with Crippen LogP contribution >= 0.6 is 50.7 Å². The summed E-state index contributed by atoms with van der Waals surface area (Å²) in [4.78, 5) is 0. The van der Waals surface area contributed by atoms with Gasteiger partial charge in [-0.1, -0.05) is 40.0 Å². The van der Waals surface area contributed by atoms with Gasteiger partial charge in [0.05, 0.1) is 15.1 Å². The van der Waals surface area contributed by atoms with Gasteiger partial charge in [0.25, 0.3) is 0 Å². The average Bonchev–Trinajstić information content (AvgIpc) is 2.44. The van der Waals surface area contributed by atoms with Crippen LogP contribution in [0.4, 0.5) is 0 Å². The third-order valence-corrected chi connectivity index (χ3v) is 4.20. The zero-order valence-corrected chi connectivity index (χ0v) is 14.1. The summed E-state index contributed by atoms with van der Waals surface area (Å²) in [6, 6.07) is 7.97. The molecule has 0 atom stereocenters. The number of hydrogen-bond acceptors (Lipinski definition) is 3. The van der Waals surface area contributed by atoms with Gasteiger partial charge in [-0.2, -0.15) is 0 Å². The van der Waals surface area contributed by atoms with Crippen molar-refractivity contribution < 1.29 is 9.94 Å². The van der Waals surface area contributed by atoms with Gasteiger partial charge in [0.1, 0.15) is 11.5 Å². The van der Waals surface area contributed by atoms with Crippen molar-refractivity contribution in [3.05, 3.63) is 55.4 Å². The Bertz CT molecular complexity index is 723. The fraction of sp³-hybridized carbons (Fsp3) is 0. The molecule has 0 aliphatic rings. The standard InChI is InChI=1S/C13H8BrCl3N2O2/c14-8-3-6(1-2-7(8)13(18)19-20)21-12-5-10(16)9(15)4-11(12)17/h1-5,20H,(H2,18,19). The second-order valence-corrected chi connectivity index (χ2v) is 6.00. The van der Waals surface area contributed by atoms with Crippen molar-refractivity contribution in [1.29, 1.82) is 0 Å². The molecule has 2 aromatic rings. The van der Waals surface area contributed by atoms with Gasteiger partial charge < -0.3 is 15.7 Å². The van der Waals surface area contributed by atoms with Gasteiger partial charge in [-0.3, -0.25) is 0 Å². The Hall–Kier alpha value is -1.14. The molecule has 21 heavy (non-hydrogen) atoms. The lowest BCUT2D eigenvalue weighted by Crippen LogP contribution is -2.13. The quantitative estimate of drug-likeness (QED) is 0.237. The normalized spacial score (nSPS) is 11.5. The molecule has 0 unspecified atom stereocenters. The molecule has 0 saturated carbocycles. The van der Waals surface area contributed by atoms with E-state index in [-0.39, 0.29) is 5.84 Å². The zero-order valence-electron chi connectivity index (χ0n) is 10.3. The van der Waals surface area contributed by atoms with Crippen molar-refractivity contribution in [3.8, 4) is 11.5 Å². The lowest BCUT2D eigenvalue weighted by Gasteiger charge is -2.10. The van der Waals surface area contributed by atoms with Gasteiger partial charge in [-0.25, -0.2) is 0 Å². The largest absolute Gasteiger partial charge is 0.456 e.